The topological polar surface area (TPSA) is 179 Å². The van der Waals surface area contributed by atoms with Crippen molar-refractivity contribution in [1.82, 2.24) is 0 Å². The third kappa shape index (κ3) is 6.63. The zero-order valence-corrected chi connectivity index (χ0v) is 20.8. The van der Waals surface area contributed by atoms with Crippen LogP contribution in [0, 0.1) is 0 Å². The lowest BCUT2D eigenvalue weighted by Crippen LogP contribution is -2.55. The van der Waals surface area contributed by atoms with Crippen LogP contribution in [0.15, 0.2) is 48.5 Å². The standard InChI is InChI=1S/C27H36O11/c28-13-21-19(30)12-20(31)26(37-21)15-4-1-6-17(10-15)35-8-3-9-36-18-7-2-5-16(11-18)27-25(34)24(33)23(32)22(14-29)38-27/h1-2,4-7,10-11,19-34H,3,8-9,12-14H2/t19?,20-,21+,22?,23+,24?,25?,26?,27+/m0/s1. The van der Waals surface area contributed by atoms with E-state index in [9.17, 15) is 35.7 Å². The van der Waals surface area contributed by atoms with Gasteiger partial charge in [0, 0.05) is 12.8 Å². The molecule has 0 saturated carbocycles. The molecule has 11 heteroatoms. The van der Waals surface area contributed by atoms with Crippen LogP contribution in [0.1, 0.15) is 36.2 Å². The van der Waals surface area contributed by atoms with Gasteiger partial charge < -0.3 is 54.7 Å². The van der Waals surface area contributed by atoms with E-state index in [1.54, 1.807) is 48.5 Å². The maximum Gasteiger partial charge on any atom is 0.119 e. The molecule has 2 aliphatic rings. The largest absolute Gasteiger partial charge is 0.493 e. The average molecular weight is 537 g/mol. The first-order valence-electron chi connectivity index (χ1n) is 12.7. The highest BCUT2D eigenvalue weighted by Gasteiger charge is 2.44. The lowest BCUT2D eigenvalue weighted by atomic mass is 9.91. The molecular formula is C27H36O11. The summed E-state index contributed by atoms with van der Waals surface area (Å²) in [5.74, 6) is 1.10. The van der Waals surface area contributed by atoms with Crippen LogP contribution in [-0.2, 0) is 9.47 Å². The Morgan fingerprint density at radius 1 is 0.658 bits per heavy atom. The van der Waals surface area contributed by atoms with Crippen LogP contribution in [0.25, 0.3) is 0 Å². The van der Waals surface area contributed by atoms with E-state index < -0.39 is 61.5 Å². The van der Waals surface area contributed by atoms with Gasteiger partial charge in [-0.2, -0.15) is 0 Å². The molecular weight excluding hydrogens is 500 g/mol. The summed E-state index contributed by atoms with van der Waals surface area (Å²) < 4.78 is 22.9. The fourth-order valence-electron chi connectivity index (χ4n) is 4.74. The molecule has 2 aromatic rings. The SMILES string of the molecule is OCC1O[C@H](c2cccc(OCCCOc3cccc(C4O[C@H](CO)C(O)C[C@@H]4O)c3)c2)C(O)C(O)[C@@H]1O. The summed E-state index contributed by atoms with van der Waals surface area (Å²) in [7, 11) is 0. The van der Waals surface area contributed by atoms with Crippen molar-refractivity contribution in [3.8, 4) is 11.5 Å². The van der Waals surface area contributed by atoms with Gasteiger partial charge in [0.2, 0.25) is 0 Å². The molecule has 9 atom stereocenters. The Bertz CT molecular complexity index is 1020. The monoisotopic (exact) mass is 536 g/mol. The average Bonchev–Trinajstić information content (AvgIpc) is 2.92. The zero-order valence-electron chi connectivity index (χ0n) is 20.8. The third-order valence-electron chi connectivity index (χ3n) is 6.85. The van der Waals surface area contributed by atoms with Crippen molar-refractivity contribution < 1.29 is 54.7 Å². The van der Waals surface area contributed by atoms with E-state index in [2.05, 4.69) is 0 Å². The van der Waals surface area contributed by atoms with Crippen LogP contribution in [-0.4, -0.2) is 105 Å². The molecule has 11 nitrogen and oxygen atoms in total. The molecule has 0 aliphatic carbocycles. The molecule has 0 radical (unpaired) electrons. The Balaban J connectivity index is 1.27. The van der Waals surface area contributed by atoms with Gasteiger partial charge in [-0.3, -0.25) is 0 Å². The van der Waals surface area contributed by atoms with Gasteiger partial charge in [-0.15, -0.1) is 0 Å². The maximum absolute atomic E-state index is 10.4. The van der Waals surface area contributed by atoms with E-state index in [0.29, 0.717) is 42.3 Å². The number of ether oxygens (including phenoxy) is 4. The van der Waals surface area contributed by atoms with E-state index in [4.69, 9.17) is 18.9 Å². The molecule has 2 fully saturated rings. The summed E-state index contributed by atoms with van der Waals surface area (Å²) in [6, 6.07) is 13.9. The molecule has 4 rings (SSSR count). The zero-order chi connectivity index (χ0) is 27.2. The first-order valence-corrected chi connectivity index (χ1v) is 12.7. The Morgan fingerprint density at radius 2 is 1.21 bits per heavy atom. The second kappa shape index (κ2) is 13.2. The van der Waals surface area contributed by atoms with E-state index >= 15 is 0 Å². The Hall–Kier alpha value is -2.32. The highest BCUT2D eigenvalue weighted by molar-refractivity contribution is 5.32. The molecule has 38 heavy (non-hydrogen) atoms. The van der Waals surface area contributed by atoms with Gasteiger partial charge in [0.15, 0.2) is 0 Å². The highest BCUT2D eigenvalue weighted by Crippen LogP contribution is 2.35. The second-order valence-electron chi connectivity index (χ2n) is 9.59. The van der Waals surface area contributed by atoms with E-state index in [0.717, 1.165) is 0 Å². The number of hydrogen-bond donors (Lipinski definition) is 7. The van der Waals surface area contributed by atoms with Crippen molar-refractivity contribution in [2.75, 3.05) is 26.4 Å². The summed E-state index contributed by atoms with van der Waals surface area (Å²) in [5, 5.41) is 69.5. The van der Waals surface area contributed by atoms with Crippen molar-refractivity contribution in [1.29, 1.82) is 0 Å². The molecule has 2 aliphatic heterocycles. The maximum atomic E-state index is 10.4. The number of benzene rings is 2. The first-order chi connectivity index (χ1) is 18.3. The van der Waals surface area contributed by atoms with Crippen molar-refractivity contribution in [2.24, 2.45) is 0 Å². The summed E-state index contributed by atoms with van der Waals surface area (Å²) >= 11 is 0. The van der Waals surface area contributed by atoms with Crippen LogP contribution in [0.4, 0.5) is 0 Å². The van der Waals surface area contributed by atoms with E-state index in [-0.39, 0.29) is 13.0 Å². The van der Waals surface area contributed by atoms with Gasteiger partial charge in [0.25, 0.3) is 0 Å². The molecule has 210 valence electrons. The van der Waals surface area contributed by atoms with Gasteiger partial charge in [0.1, 0.15) is 54.2 Å². The van der Waals surface area contributed by atoms with Gasteiger partial charge in [0.05, 0.1) is 38.6 Å². The Labute approximate surface area is 220 Å². The minimum absolute atomic E-state index is 0.107. The quantitative estimate of drug-likeness (QED) is 0.196. The second-order valence-corrected chi connectivity index (χ2v) is 9.59. The van der Waals surface area contributed by atoms with Gasteiger partial charge >= 0.3 is 0 Å². The third-order valence-corrected chi connectivity index (χ3v) is 6.85. The van der Waals surface area contributed by atoms with Crippen LogP contribution >= 0.6 is 0 Å². The Kier molecular flexibility index (Phi) is 9.93. The predicted molar refractivity (Wildman–Crippen MR) is 133 cm³/mol. The first kappa shape index (κ1) is 28.7. The summed E-state index contributed by atoms with van der Waals surface area (Å²) in [6.45, 7) is -0.159. The fraction of sp³-hybridized carbons (Fsp3) is 0.556. The molecule has 2 heterocycles. The highest BCUT2D eigenvalue weighted by atomic mass is 16.5. The molecule has 0 amide bonds. The number of aliphatic hydroxyl groups excluding tert-OH is 7. The van der Waals surface area contributed by atoms with E-state index in [1.165, 1.54) is 0 Å². The van der Waals surface area contributed by atoms with Gasteiger partial charge in [-0.25, -0.2) is 0 Å². The molecule has 0 aromatic heterocycles. The summed E-state index contributed by atoms with van der Waals surface area (Å²) in [6.07, 6.45) is -8.79. The lowest BCUT2D eigenvalue weighted by molar-refractivity contribution is -0.231. The van der Waals surface area contributed by atoms with Crippen molar-refractivity contribution in [2.45, 2.75) is 67.8 Å². The molecule has 0 bridgehead atoms. The number of aliphatic hydroxyl groups is 7. The van der Waals surface area contributed by atoms with E-state index in [1.807, 2.05) is 0 Å². The minimum atomic E-state index is -1.46. The molecule has 2 aromatic carbocycles. The molecule has 0 spiro atoms. The molecule has 7 N–H and O–H groups in total. The van der Waals surface area contributed by atoms with Crippen LogP contribution in [0.2, 0.25) is 0 Å². The van der Waals surface area contributed by atoms with Crippen LogP contribution in [0.3, 0.4) is 0 Å². The van der Waals surface area contributed by atoms with Crippen LogP contribution in [0.5, 0.6) is 11.5 Å². The Morgan fingerprint density at radius 3 is 1.79 bits per heavy atom. The smallest absolute Gasteiger partial charge is 0.119 e. The number of rotatable bonds is 10. The lowest BCUT2D eigenvalue weighted by Gasteiger charge is -2.40. The van der Waals surface area contributed by atoms with Crippen molar-refractivity contribution >= 4 is 0 Å². The minimum Gasteiger partial charge on any atom is -0.493 e. The van der Waals surface area contributed by atoms with Gasteiger partial charge in [-0.1, -0.05) is 24.3 Å². The fourth-order valence-corrected chi connectivity index (χ4v) is 4.74. The van der Waals surface area contributed by atoms with Crippen molar-refractivity contribution in [3.05, 3.63) is 59.7 Å². The number of hydrogen-bond acceptors (Lipinski definition) is 11. The predicted octanol–water partition coefficient (Wildman–Crippen LogP) is -0.407. The molecule has 5 unspecified atom stereocenters. The normalized spacial score (nSPS) is 33.6. The summed E-state index contributed by atoms with van der Waals surface area (Å²) in [5.41, 5.74) is 1.22. The van der Waals surface area contributed by atoms with Crippen LogP contribution < -0.4 is 9.47 Å². The van der Waals surface area contributed by atoms with Crippen molar-refractivity contribution in [3.63, 3.8) is 0 Å². The summed E-state index contributed by atoms with van der Waals surface area (Å²) in [4.78, 5) is 0. The van der Waals surface area contributed by atoms with Gasteiger partial charge in [-0.05, 0) is 35.4 Å². The molecule has 2 saturated heterocycles.